The van der Waals surface area contributed by atoms with Crippen molar-refractivity contribution in [1.29, 1.82) is 0 Å². The van der Waals surface area contributed by atoms with E-state index in [2.05, 4.69) is 25.3 Å². The lowest BCUT2D eigenvalue weighted by molar-refractivity contribution is -0.140. The highest BCUT2D eigenvalue weighted by Crippen LogP contribution is 2.37. The van der Waals surface area contributed by atoms with E-state index in [1.165, 1.54) is 6.07 Å². The van der Waals surface area contributed by atoms with E-state index in [-0.39, 0.29) is 23.0 Å². The van der Waals surface area contributed by atoms with Gasteiger partial charge in [-0.15, -0.1) is 0 Å². The summed E-state index contributed by atoms with van der Waals surface area (Å²) >= 11 is 0. The molecule has 0 atom stereocenters. The van der Waals surface area contributed by atoms with Crippen molar-refractivity contribution in [3.63, 3.8) is 0 Å². The summed E-state index contributed by atoms with van der Waals surface area (Å²) in [5, 5.41) is 3.12. The Hall–Kier alpha value is -3.87. The predicted molar refractivity (Wildman–Crippen MR) is 116 cm³/mol. The molecule has 0 radical (unpaired) electrons. The molecule has 4 heterocycles. The molecule has 13 heteroatoms. The molecular weight excluding hydrogens is 455 g/mol. The van der Waals surface area contributed by atoms with Crippen molar-refractivity contribution < 1.29 is 27.4 Å². The number of anilines is 4. The number of nitrogen functional groups attached to an aromatic ring is 1. The smallest absolute Gasteiger partial charge is 0.434 e. The van der Waals surface area contributed by atoms with E-state index in [1.807, 2.05) is 4.90 Å². The number of fused-ring (bicyclic) bond motifs is 1. The zero-order valence-electron chi connectivity index (χ0n) is 17.8. The first kappa shape index (κ1) is 21.9. The van der Waals surface area contributed by atoms with Crippen LogP contribution in [0.25, 0.3) is 11.3 Å². The molecule has 0 unspecified atom stereocenters. The third-order valence-corrected chi connectivity index (χ3v) is 5.17. The van der Waals surface area contributed by atoms with Crippen LogP contribution in [0.3, 0.4) is 0 Å². The summed E-state index contributed by atoms with van der Waals surface area (Å²) in [6.07, 6.45) is -3.73. The van der Waals surface area contributed by atoms with Crippen molar-refractivity contribution in [3.05, 3.63) is 36.2 Å². The summed E-state index contributed by atoms with van der Waals surface area (Å²) in [6, 6.07) is 6.65. The van der Waals surface area contributed by atoms with Gasteiger partial charge in [-0.3, -0.25) is 0 Å². The molecule has 2 aliphatic rings. The van der Waals surface area contributed by atoms with Crippen LogP contribution in [0.5, 0.6) is 11.5 Å². The summed E-state index contributed by atoms with van der Waals surface area (Å²) in [4.78, 5) is 17.9. The molecule has 0 amide bonds. The van der Waals surface area contributed by atoms with Gasteiger partial charge in [-0.05, 0) is 12.1 Å². The lowest BCUT2D eigenvalue weighted by atomic mass is 10.1. The molecule has 178 valence electrons. The number of hydrogen-bond acceptors (Lipinski definition) is 10. The van der Waals surface area contributed by atoms with Gasteiger partial charge in [0.15, 0.2) is 17.2 Å². The predicted octanol–water partition coefficient (Wildman–Crippen LogP) is 2.89. The van der Waals surface area contributed by atoms with Crippen molar-refractivity contribution >= 4 is 23.4 Å². The number of alkyl halides is 3. The molecule has 3 N–H and O–H groups in total. The summed E-state index contributed by atoms with van der Waals surface area (Å²) in [7, 11) is 0. The molecule has 0 spiro atoms. The monoisotopic (exact) mass is 475 g/mol. The summed E-state index contributed by atoms with van der Waals surface area (Å²) in [5.41, 5.74) is 4.57. The zero-order valence-corrected chi connectivity index (χ0v) is 17.8. The average molecular weight is 475 g/mol. The molecule has 2 aliphatic heterocycles. The Kier molecular flexibility index (Phi) is 5.69. The zero-order chi connectivity index (χ0) is 23.7. The fourth-order valence-corrected chi connectivity index (χ4v) is 3.61. The number of rotatable bonds is 4. The normalized spacial score (nSPS) is 15.8. The highest BCUT2D eigenvalue weighted by molar-refractivity contribution is 5.70. The second kappa shape index (κ2) is 8.82. The molecule has 0 bridgehead atoms. The van der Waals surface area contributed by atoms with Crippen molar-refractivity contribution in [2.24, 2.45) is 0 Å². The first-order chi connectivity index (χ1) is 16.4. The molecule has 1 fully saturated rings. The first-order valence-corrected chi connectivity index (χ1v) is 10.5. The quantitative estimate of drug-likeness (QED) is 0.583. The fraction of sp³-hybridized carbons (Fsp3) is 0.333. The Bertz CT molecular complexity index is 1200. The molecule has 0 saturated carbocycles. The first-order valence-electron chi connectivity index (χ1n) is 10.5. The van der Waals surface area contributed by atoms with Gasteiger partial charge in [0.2, 0.25) is 11.9 Å². The van der Waals surface area contributed by atoms with Gasteiger partial charge < -0.3 is 30.2 Å². The maximum Gasteiger partial charge on any atom is 0.434 e. The highest BCUT2D eigenvalue weighted by atomic mass is 19.4. The number of nitrogens with two attached hydrogens (primary N) is 1. The summed E-state index contributed by atoms with van der Waals surface area (Å²) in [5.74, 6) is 1.24. The van der Waals surface area contributed by atoms with Crippen molar-refractivity contribution in [3.8, 4) is 22.8 Å². The summed E-state index contributed by atoms with van der Waals surface area (Å²) in [6.45, 7) is 2.79. The van der Waals surface area contributed by atoms with Crippen LogP contribution >= 0.6 is 0 Å². The SMILES string of the molecule is Nc1ncc(-c2cc(Nc3ccc4c(c3)OCCO4)nc(N3CCOCC3)n2)c(C(F)(F)F)n1. The average Bonchev–Trinajstić information content (AvgIpc) is 2.84. The standard InChI is InChI=1S/C21H20F3N7O3/c22-21(23,24)18-13(11-26-19(25)30-18)14-10-17(29-20(28-14)31-3-5-32-6-4-31)27-12-1-2-15-16(9-12)34-8-7-33-15/h1-2,9-11H,3-8H2,(H2,25,26,30)(H,27,28,29). The van der Waals surface area contributed by atoms with Gasteiger partial charge in [0, 0.05) is 42.7 Å². The van der Waals surface area contributed by atoms with Gasteiger partial charge in [0.05, 0.1) is 18.9 Å². The number of benzene rings is 1. The van der Waals surface area contributed by atoms with Gasteiger partial charge in [-0.2, -0.15) is 18.2 Å². The second-order valence-corrected chi connectivity index (χ2v) is 7.51. The van der Waals surface area contributed by atoms with Crippen LogP contribution in [0.1, 0.15) is 5.69 Å². The molecular formula is C21H20F3N7O3. The van der Waals surface area contributed by atoms with E-state index < -0.39 is 17.8 Å². The van der Waals surface area contributed by atoms with E-state index >= 15 is 0 Å². The molecule has 3 aromatic rings. The van der Waals surface area contributed by atoms with Gasteiger partial charge in [-0.25, -0.2) is 15.0 Å². The van der Waals surface area contributed by atoms with Crippen LogP contribution in [-0.4, -0.2) is 59.5 Å². The minimum absolute atomic E-state index is 0.00357. The van der Waals surface area contributed by atoms with Crippen LogP contribution < -0.4 is 25.4 Å². The Morgan fingerprint density at radius 2 is 1.71 bits per heavy atom. The number of halogens is 3. The molecule has 10 nitrogen and oxygen atoms in total. The second-order valence-electron chi connectivity index (χ2n) is 7.51. The third-order valence-electron chi connectivity index (χ3n) is 5.17. The molecule has 2 aromatic heterocycles. The molecule has 5 rings (SSSR count). The number of hydrogen-bond donors (Lipinski definition) is 2. The van der Waals surface area contributed by atoms with Gasteiger partial charge in [-0.1, -0.05) is 0 Å². The Morgan fingerprint density at radius 3 is 2.47 bits per heavy atom. The largest absolute Gasteiger partial charge is 0.486 e. The van der Waals surface area contributed by atoms with Crippen molar-refractivity contribution in [2.75, 3.05) is 55.5 Å². The van der Waals surface area contributed by atoms with E-state index in [1.54, 1.807) is 18.2 Å². The van der Waals surface area contributed by atoms with E-state index in [0.29, 0.717) is 56.7 Å². The van der Waals surface area contributed by atoms with E-state index in [4.69, 9.17) is 19.9 Å². The molecule has 1 aromatic carbocycles. The van der Waals surface area contributed by atoms with E-state index in [0.717, 1.165) is 6.20 Å². The minimum Gasteiger partial charge on any atom is -0.486 e. The Labute approximate surface area is 191 Å². The lowest BCUT2D eigenvalue weighted by Crippen LogP contribution is -2.37. The number of ether oxygens (including phenoxy) is 3. The van der Waals surface area contributed by atoms with Crippen molar-refractivity contribution in [1.82, 2.24) is 19.9 Å². The Balaban J connectivity index is 1.57. The number of nitrogens with zero attached hydrogens (tertiary/aromatic N) is 5. The lowest BCUT2D eigenvalue weighted by Gasteiger charge is -2.27. The van der Waals surface area contributed by atoms with Crippen LogP contribution in [0.15, 0.2) is 30.5 Å². The fourth-order valence-electron chi connectivity index (χ4n) is 3.61. The van der Waals surface area contributed by atoms with Gasteiger partial charge in [0.25, 0.3) is 0 Å². The maximum absolute atomic E-state index is 13.7. The Morgan fingerprint density at radius 1 is 0.941 bits per heavy atom. The highest BCUT2D eigenvalue weighted by Gasteiger charge is 2.37. The number of aromatic nitrogens is 4. The van der Waals surface area contributed by atoms with Crippen LogP contribution in [0.4, 0.5) is 36.6 Å². The molecule has 34 heavy (non-hydrogen) atoms. The minimum atomic E-state index is -4.75. The third kappa shape index (κ3) is 4.59. The molecule has 0 aliphatic carbocycles. The number of morpholine rings is 1. The van der Waals surface area contributed by atoms with Crippen LogP contribution in [0.2, 0.25) is 0 Å². The summed E-state index contributed by atoms with van der Waals surface area (Å²) < 4.78 is 57.7. The van der Waals surface area contributed by atoms with E-state index in [9.17, 15) is 13.2 Å². The topological polar surface area (TPSA) is 121 Å². The molecule has 1 saturated heterocycles. The maximum atomic E-state index is 13.7. The van der Waals surface area contributed by atoms with Crippen molar-refractivity contribution in [2.45, 2.75) is 6.18 Å². The van der Waals surface area contributed by atoms with Crippen LogP contribution in [-0.2, 0) is 10.9 Å². The number of nitrogens with one attached hydrogen (secondary N) is 1. The van der Waals surface area contributed by atoms with Gasteiger partial charge >= 0.3 is 6.18 Å². The van der Waals surface area contributed by atoms with Crippen LogP contribution in [0, 0.1) is 0 Å². The van der Waals surface area contributed by atoms with Gasteiger partial charge in [0.1, 0.15) is 19.0 Å².